The summed E-state index contributed by atoms with van der Waals surface area (Å²) >= 11 is 11.6. The van der Waals surface area contributed by atoms with Crippen molar-refractivity contribution in [3.05, 3.63) is 39.8 Å². The van der Waals surface area contributed by atoms with E-state index < -0.39 is 5.82 Å². The summed E-state index contributed by atoms with van der Waals surface area (Å²) in [6.45, 7) is 1.85. The van der Waals surface area contributed by atoms with E-state index in [4.69, 9.17) is 23.2 Å². The Labute approximate surface area is 90.5 Å². The molecular formula is C10H6Cl2FN. The second kappa shape index (κ2) is 3.37. The van der Waals surface area contributed by atoms with Crippen molar-refractivity contribution in [3.8, 4) is 0 Å². The maximum atomic E-state index is 13.4. The minimum absolute atomic E-state index is 0.220. The zero-order valence-electron chi connectivity index (χ0n) is 7.31. The predicted octanol–water partition coefficient (Wildman–Crippen LogP) is 3.99. The van der Waals surface area contributed by atoms with Crippen LogP contribution in [-0.2, 0) is 0 Å². The summed E-state index contributed by atoms with van der Waals surface area (Å²) in [5, 5.41) is 0.778. The van der Waals surface area contributed by atoms with E-state index in [1.165, 1.54) is 12.3 Å². The van der Waals surface area contributed by atoms with E-state index in [0.29, 0.717) is 10.9 Å². The summed E-state index contributed by atoms with van der Waals surface area (Å²) in [4.78, 5) is 4.05. The van der Waals surface area contributed by atoms with Gasteiger partial charge in [-0.2, -0.15) is 0 Å². The lowest BCUT2D eigenvalue weighted by Gasteiger charge is -2.05. The molecule has 14 heavy (non-hydrogen) atoms. The third-order valence-electron chi connectivity index (χ3n) is 2.06. The molecule has 2 rings (SSSR count). The number of aryl methyl sites for hydroxylation is 1. The topological polar surface area (TPSA) is 12.9 Å². The molecule has 1 aromatic heterocycles. The molecule has 0 bridgehead atoms. The Morgan fingerprint density at radius 2 is 2.00 bits per heavy atom. The van der Waals surface area contributed by atoms with E-state index in [1.54, 1.807) is 6.07 Å². The van der Waals surface area contributed by atoms with Gasteiger partial charge in [-0.1, -0.05) is 29.3 Å². The molecule has 0 saturated heterocycles. The first-order valence-corrected chi connectivity index (χ1v) is 4.75. The molecule has 0 radical (unpaired) electrons. The summed E-state index contributed by atoms with van der Waals surface area (Å²) in [5.74, 6) is -0.398. The number of halogens is 3. The monoisotopic (exact) mass is 229 g/mol. The van der Waals surface area contributed by atoms with Crippen molar-refractivity contribution in [2.75, 3.05) is 0 Å². The maximum Gasteiger partial charge on any atom is 0.134 e. The zero-order valence-corrected chi connectivity index (χ0v) is 8.83. The Bertz CT molecular complexity index is 511. The van der Waals surface area contributed by atoms with Crippen molar-refractivity contribution in [3.63, 3.8) is 0 Å². The van der Waals surface area contributed by atoms with Crippen molar-refractivity contribution >= 4 is 34.1 Å². The number of hydrogen-bond donors (Lipinski definition) is 0. The van der Waals surface area contributed by atoms with Crippen LogP contribution in [0.5, 0.6) is 0 Å². The SMILES string of the molecule is Cc1ccc(F)c2c(Cl)c(Cl)cnc12. The van der Waals surface area contributed by atoms with Crippen molar-refractivity contribution in [1.82, 2.24) is 4.98 Å². The van der Waals surface area contributed by atoms with Crippen LogP contribution in [0.2, 0.25) is 10.0 Å². The van der Waals surface area contributed by atoms with Crippen LogP contribution in [-0.4, -0.2) is 4.98 Å². The van der Waals surface area contributed by atoms with Crippen LogP contribution in [0.4, 0.5) is 4.39 Å². The quantitative estimate of drug-likeness (QED) is 0.666. The summed E-state index contributed by atoms with van der Waals surface area (Å²) in [5.41, 5.74) is 1.43. The molecule has 2 aromatic rings. The number of nitrogens with zero attached hydrogens (tertiary/aromatic N) is 1. The number of benzene rings is 1. The highest BCUT2D eigenvalue weighted by atomic mass is 35.5. The van der Waals surface area contributed by atoms with Crippen LogP contribution in [0.1, 0.15) is 5.56 Å². The van der Waals surface area contributed by atoms with Crippen molar-refractivity contribution in [1.29, 1.82) is 0 Å². The average molecular weight is 230 g/mol. The molecule has 1 heterocycles. The van der Waals surface area contributed by atoms with Crippen LogP contribution in [0, 0.1) is 12.7 Å². The van der Waals surface area contributed by atoms with Crippen molar-refractivity contribution in [2.45, 2.75) is 6.92 Å². The summed E-state index contributed by atoms with van der Waals surface area (Å²) in [6, 6.07) is 3.02. The van der Waals surface area contributed by atoms with Gasteiger partial charge >= 0.3 is 0 Å². The molecule has 1 nitrogen and oxygen atoms in total. The molecule has 0 fully saturated rings. The lowest BCUT2D eigenvalue weighted by molar-refractivity contribution is 0.639. The number of aromatic nitrogens is 1. The summed E-state index contributed by atoms with van der Waals surface area (Å²) < 4.78 is 13.4. The van der Waals surface area contributed by atoms with Crippen LogP contribution >= 0.6 is 23.2 Å². The van der Waals surface area contributed by atoms with E-state index in [0.717, 1.165) is 5.56 Å². The smallest absolute Gasteiger partial charge is 0.134 e. The molecule has 1 aromatic carbocycles. The van der Waals surface area contributed by atoms with Gasteiger partial charge in [0.15, 0.2) is 0 Å². The highest BCUT2D eigenvalue weighted by molar-refractivity contribution is 6.45. The van der Waals surface area contributed by atoms with E-state index >= 15 is 0 Å². The first-order valence-electron chi connectivity index (χ1n) is 4.00. The number of rotatable bonds is 0. The number of fused-ring (bicyclic) bond motifs is 1. The molecule has 4 heteroatoms. The van der Waals surface area contributed by atoms with Crippen molar-refractivity contribution < 1.29 is 4.39 Å². The largest absolute Gasteiger partial charge is 0.254 e. The molecule has 0 aliphatic carbocycles. The standard InChI is InChI=1S/C10H6Cl2FN/c1-5-2-3-7(13)8-9(12)6(11)4-14-10(5)8/h2-4H,1H3. The maximum absolute atomic E-state index is 13.4. The highest BCUT2D eigenvalue weighted by Gasteiger charge is 2.11. The molecule has 0 aliphatic rings. The Morgan fingerprint density at radius 1 is 1.29 bits per heavy atom. The molecular weight excluding hydrogens is 224 g/mol. The number of pyridine rings is 1. The van der Waals surface area contributed by atoms with Gasteiger partial charge in [0.1, 0.15) is 5.82 Å². The minimum atomic E-state index is -0.398. The lowest BCUT2D eigenvalue weighted by atomic mass is 10.1. The Hall–Kier alpha value is -0.860. The Kier molecular flexibility index (Phi) is 2.33. The third-order valence-corrected chi connectivity index (χ3v) is 2.84. The molecule has 0 N–H and O–H groups in total. The Balaban J connectivity index is 3.01. The van der Waals surface area contributed by atoms with Gasteiger partial charge in [0.2, 0.25) is 0 Å². The molecule has 72 valence electrons. The van der Waals surface area contributed by atoms with E-state index in [1.807, 2.05) is 6.92 Å². The minimum Gasteiger partial charge on any atom is -0.254 e. The fraction of sp³-hybridized carbons (Fsp3) is 0.100. The normalized spacial score (nSPS) is 10.9. The first kappa shape index (κ1) is 9.69. The molecule has 0 spiro atoms. The van der Waals surface area contributed by atoms with Crippen molar-refractivity contribution in [2.24, 2.45) is 0 Å². The van der Waals surface area contributed by atoms with Gasteiger partial charge in [0, 0.05) is 6.20 Å². The first-order chi connectivity index (χ1) is 6.61. The van der Waals surface area contributed by atoms with Gasteiger partial charge in [0.25, 0.3) is 0 Å². The van der Waals surface area contributed by atoms with E-state index in [-0.39, 0.29) is 10.0 Å². The number of hydrogen-bond acceptors (Lipinski definition) is 1. The van der Waals surface area contributed by atoms with Gasteiger partial charge in [0.05, 0.1) is 20.9 Å². The lowest BCUT2D eigenvalue weighted by Crippen LogP contribution is -1.88. The van der Waals surface area contributed by atoms with Crippen LogP contribution < -0.4 is 0 Å². The zero-order chi connectivity index (χ0) is 10.3. The van der Waals surface area contributed by atoms with Crippen LogP contribution in [0.3, 0.4) is 0 Å². The Morgan fingerprint density at radius 3 is 2.71 bits per heavy atom. The molecule has 0 saturated carbocycles. The average Bonchev–Trinajstić information content (AvgIpc) is 2.16. The molecule has 0 aliphatic heterocycles. The van der Waals surface area contributed by atoms with E-state index in [2.05, 4.69) is 4.98 Å². The van der Waals surface area contributed by atoms with Crippen LogP contribution in [0.25, 0.3) is 10.9 Å². The highest BCUT2D eigenvalue weighted by Crippen LogP contribution is 2.32. The second-order valence-corrected chi connectivity index (χ2v) is 3.79. The third kappa shape index (κ3) is 1.35. The molecule has 0 unspecified atom stereocenters. The summed E-state index contributed by atoms with van der Waals surface area (Å²) in [6.07, 6.45) is 1.43. The van der Waals surface area contributed by atoms with Gasteiger partial charge in [-0.3, -0.25) is 4.98 Å². The van der Waals surface area contributed by atoms with Gasteiger partial charge < -0.3 is 0 Å². The van der Waals surface area contributed by atoms with Gasteiger partial charge in [-0.25, -0.2) is 4.39 Å². The molecule has 0 atom stereocenters. The fourth-order valence-electron chi connectivity index (χ4n) is 1.34. The fourth-order valence-corrected chi connectivity index (χ4v) is 1.72. The second-order valence-electron chi connectivity index (χ2n) is 3.01. The van der Waals surface area contributed by atoms with Gasteiger partial charge in [-0.15, -0.1) is 0 Å². The van der Waals surface area contributed by atoms with E-state index in [9.17, 15) is 4.39 Å². The molecule has 0 amide bonds. The van der Waals surface area contributed by atoms with Gasteiger partial charge in [-0.05, 0) is 18.6 Å². The predicted molar refractivity (Wildman–Crippen MR) is 56.5 cm³/mol. The van der Waals surface area contributed by atoms with Crippen LogP contribution in [0.15, 0.2) is 18.3 Å². The summed E-state index contributed by atoms with van der Waals surface area (Å²) in [7, 11) is 0.